The number of halogens is 4. The standard InChI is InChI=1S/C20H18ClF3N2O3/c1-19(2)18(28)26(15-5-3-4-6-16(15)29-19)10-9-17(27)25-14-11-12(20(22,23)24)7-8-13(14)21/h3-8,11H,9-10H2,1-2H3,(H,25,27). The Bertz CT molecular complexity index is 960. The minimum atomic E-state index is -4.56. The topological polar surface area (TPSA) is 58.6 Å². The third-order valence-electron chi connectivity index (χ3n) is 4.41. The number of nitrogens with one attached hydrogen (secondary N) is 1. The number of ether oxygens (including phenoxy) is 1. The average Bonchev–Trinajstić information content (AvgIpc) is 2.62. The highest BCUT2D eigenvalue weighted by Gasteiger charge is 2.40. The zero-order valence-electron chi connectivity index (χ0n) is 15.6. The molecule has 154 valence electrons. The molecule has 2 aromatic carbocycles. The number of carbonyl (C=O) groups excluding carboxylic acids is 2. The molecule has 0 bridgehead atoms. The molecule has 1 aliphatic heterocycles. The summed E-state index contributed by atoms with van der Waals surface area (Å²) >= 11 is 5.90. The molecule has 0 atom stereocenters. The van der Waals surface area contributed by atoms with Crippen LogP contribution in [0.4, 0.5) is 24.5 Å². The summed E-state index contributed by atoms with van der Waals surface area (Å²) < 4.78 is 44.3. The van der Waals surface area contributed by atoms with Gasteiger partial charge in [-0.3, -0.25) is 9.59 Å². The molecular weight excluding hydrogens is 409 g/mol. The Balaban J connectivity index is 1.74. The first-order valence-electron chi connectivity index (χ1n) is 8.75. The van der Waals surface area contributed by atoms with Crippen molar-refractivity contribution >= 4 is 34.8 Å². The smallest absolute Gasteiger partial charge is 0.416 e. The van der Waals surface area contributed by atoms with Crippen LogP contribution in [0.3, 0.4) is 0 Å². The zero-order valence-corrected chi connectivity index (χ0v) is 16.4. The van der Waals surface area contributed by atoms with Gasteiger partial charge in [0.2, 0.25) is 5.91 Å². The Morgan fingerprint density at radius 1 is 1.21 bits per heavy atom. The normalized spacial score (nSPS) is 15.5. The highest BCUT2D eigenvalue weighted by molar-refractivity contribution is 6.33. The van der Waals surface area contributed by atoms with Crippen LogP contribution >= 0.6 is 11.6 Å². The van der Waals surface area contributed by atoms with Crippen molar-refractivity contribution in [2.75, 3.05) is 16.8 Å². The summed E-state index contributed by atoms with van der Waals surface area (Å²) in [7, 11) is 0. The Labute approximate surface area is 170 Å². The summed E-state index contributed by atoms with van der Waals surface area (Å²) in [6.07, 6.45) is -4.69. The molecule has 29 heavy (non-hydrogen) atoms. The van der Waals surface area contributed by atoms with Crippen LogP contribution in [0, 0.1) is 0 Å². The van der Waals surface area contributed by atoms with Crippen LogP contribution < -0.4 is 15.0 Å². The second-order valence-corrected chi connectivity index (χ2v) is 7.43. The maximum Gasteiger partial charge on any atom is 0.416 e. The maximum atomic E-state index is 12.9. The molecule has 1 aliphatic rings. The number of carbonyl (C=O) groups is 2. The SMILES string of the molecule is CC1(C)Oc2ccccc2N(CCC(=O)Nc2cc(C(F)(F)F)ccc2Cl)C1=O. The van der Waals surface area contributed by atoms with Crippen molar-refractivity contribution in [3.8, 4) is 5.75 Å². The monoisotopic (exact) mass is 426 g/mol. The molecule has 2 aromatic rings. The summed E-state index contributed by atoms with van der Waals surface area (Å²) in [5, 5.41) is 2.37. The van der Waals surface area contributed by atoms with E-state index < -0.39 is 23.2 Å². The molecule has 0 unspecified atom stereocenters. The lowest BCUT2D eigenvalue weighted by Crippen LogP contribution is -2.53. The van der Waals surface area contributed by atoms with E-state index >= 15 is 0 Å². The van der Waals surface area contributed by atoms with Crippen LogP contribution in [0.1, 0.15) is 25.8 Å². The lowest BCUT2D eigenvalue weighted by molar-refractivity contribution is -0.137. The predicted octanol–water partition coefficient (Wildman–Crippen LogP) is 4.89. The van der Waals surface area contributed by atoms with Crippen LogP contribution in [0.5, 0.6) is 5.75 Å². The first kappa shape index (κ1) is 21.0. The molecule has 9 heteroatoms. The van der Waals surface area contributed by atoms with Gasteiger partial charge in [-0.05, 0) is 44.2 Å². The molecule has 0 radical (unpaired) electrons. The number of benzene rings is 2. The number of hydrogen-bond donors (Lipinski definition) is 1. The highest BCUT2D eigenvalue weighted by Crippen LogP contribution is 2.37. The van der Waals surface area contributed by atoms with Crippen LogP contribution in [0.2, 0.25) is 5.02 Å². The largest absolute Gasteiger partial charge is 0.476 e. The molecule has 1 heterocycles. The van der Waals surface area contributed by atoms with E-state index in [1.165, 1.54) is 4.90 Å². The highest BCUT2D eigenvalue weighted by atomic mass is 35.5. The minimum Gasteiger partial charge on any atom is -0.476 e. The average molecular weight is 427 g/mol. The fourth-order valence-corrected chi connectivity index (χ4v) is 3.13. The second kappa shape index (κ2) is 7.59. The number of amides is 2. The van der Waals surface area contributed by atoms with Gasteiger partial charge in [-0.1, -0.05) is 23.7 Å². The Morgan fingerprint density at radius 2 is 1.90 bits per heavy atom. The van der Waals surface area contributed by atoms with Gasteiger partial charge in [0.1, 0.15) is 5.75 Å². The van der Waals surface area contributed by atoms with Crippen LogP contribution in [-0.2, 0) is 15.8 Å². The van der Waals surface area contributed by atoms with Crippen molar-refractivity contribution in [2.24, 2.45) is 0 Å². The fraction of sp³-hybridized carbons (Fsp3) is 0.300. The number of nitrogens with zero attached hydrogens (tertiary/aromatic N) is 1. The summed E-state index contributed by atoms with van der Waals surface area (Å²) in [4.78, 5) is 26.5. The third-order valence-corrected chi connectivity index (χ3v) is 4.74. The molecule has 0 aromatic heterocycles. The van der Waals surface area contributed by atoms with Gasteiger partial charge in [0.25, 0.3) is 5.91 Å². The predicted molar refractivity (Wildman–Crippen MR) is 103 cm³/mol. The molecule has 1 N–H and O–H groups in total. The molecule has 0 saturated heterocycles. The number of hydrogen-bond acceptors (Lipinski definition) is 3. The van der Waals surface area contributed by atoms with Crippen LogP contribution in [0.25, 0.3) is 0 Å². The number of fused-ring (bicyclic) bond motifs is 1. The molecule has 5 nitrogen and oxygen atoms in total. The third kappa shape index (κ3) is 4.48. The number of alkyl halides is 3. The molecular formula is C20H18ClF3N2O3. The molecule has 3 rings (SSSR count). The van der Waals surface area contributed by atoms with Gasteiger partial charge in [0.15, 0.2) is 5.60 Å². The van der Waals surface area contributed by atoms with E-state index in [1.807, 2.05) is 0 Å². The van der Waals surface area contributed by atoms with E-state index in [0.717, 1.165) is 18.2 Å². The quantitative estimate of drug-likeness (QED) is 0.757. The van der Waals surface area contributed by atoms with E-state index in [2.05, 4.69) is 5.32 Å². The fourth-order valence-electron chi connectivity index (χ4n) is 2.96. The summed E-state index contributed by atoms with van der Waals surface area (Å²) in [6.45, 7) is 3.28. The first-order chi connectivity index (χ1) is 13.5. The van der Waals surface area contributed by atoms with Crippen LogP contribution in [-0.4, -0.2) is 24.0 Å². The Hall–Kier alpha value is -2.74. The van der Waals surface area contributed by atoms with Crippen molar-refractivity contribution in [1.29, 1.82) is 0 Å². The molecule has 0 saturated carbocycles. The van der Waals surface area contributed by atoms with Gasteiger partial charge in [-0.25, -0.2) is 0 Å². The van der Waals surface area contributed by atoms with Gasteiger partial charge >= 0.3 is 6.18 Å². The van der Waals surface area contributed by atoms with E-state index in [-0.39, 0.29) is 29.6 Å². The Kier molecular flexibility index (Phi) is 5.49. The van der Waals surface area contributed by atoms with Gasteiger partial charge in [-0.15, -0.1) is 0 Å². The van der Waals surface area contributed by atoms with E-state index in [4.69, 9.17) is 16.3 Å². The van der Waals surface area contributed by atoms with Gasteiger partial charge in [0.05, 0.1) is 22.0 Å². The zero-order chi connectivity index (χ0) is 21.4. The van der Waals surface area contributed by atoms with Crippen LogP contribution in [0.15, 0.2) is 42.5 Å². The van der Waals surface area contributed by atoms with Crippen molar-refractivity contribution < 1.29 is 27.5 Å². The van der Waals surface area contributed by atoms with Crippen molar-refractivity contribution in [3.63, 3.8) is 0 Å². The molecule has 2 amide bonds. The lowest BCUT2D eigenvalue weighted by Gasteiger charge is -2.38. The molecule has 0 fully saturated rings. The first-order valence-corrected chi connectivity index (χ1v) is 9.13. The Morgan fingerprint density at radius 3 is 2.59 bits per heavy atom. The number of para-hydroxylation sites is 2. The van der Waals surface area contributed by atoms with Crippen molar-refractivity contribution in [3.05, 3.63) is 53.1 Å². The second-order valence-electron chi connectivity index (χ2n) is 7.03. The van der Waals surface area contributed by atoms with E-state index in [9.17, 15) is 22.8 Å². The maximum absolute atomic E-state index is 12.9. The minimum absolute atomic E-state index is 0.0136. The lowest BCUT2D eigenvalue weighted by atomic mass is 10.0. The number of rotatable bonds is 4. The van der Waals surface area contributed by atoms with Crippen molar-refractivity contribution in [1.82, 2.24) is 0 Å². The van der Waals surface area contributed by atoms with Crippen molar-refractivity contribution in [2.45, 2.75) is 32.0 Å². The molecule has 0 spiro atoms. The van der Waals surface area contributed by atoms with Gasteiger partial charge in [-0.2, -0.15) is 13.2 Å². The summed E-state index contributed by atoms with van der Waals surface area (Å²) in [5.74, 6) is -0.375. The summed E-state index contributed by atoms with van der Waals surface area (Å²) in [6, 6.07) is 9.61. The van der Waals surface area contributed by atoms with E-state index in [1.54, 1.807) is 38.1 Å². The van der Waals surface area contributed by atoms with Gasteiger partial charge in [0, 0.05) is 13.0 Å². The summed E-state index contributed by atoms with van der Waals surface area (Å²) in [5.41, 5.74) is -1.63. The number of anilines is 2. The van der Waals surface area contributed by atoms with Gasteiger partial charge < -0.3 is 15.0 Å². The molecule has 0 aliphatic carbocycles. The van der Waals surface area contributed by atoms with E-state index in [0.29, 0.717) is 11.4 Å².